The molecule has 0 atom stereocenters. The Hall–Kier alpha value is -2.76. The van der Waals surface area contributed by atoms with Gasteiger partial charge in [-0.3, -0.25) is 4.79 Å². The fraction of sp³-hybridized carbons (Fsp3) is 0.333. The molecule has 6 nitrogen and oxygen atoms in total. The van der Waals surface area contributed by atoms with Crippen LogP contribution in [0.2, 0.25) is 0 Å². The van der Waals surface area contributed by atoms with Crippen LogP contribution in [0.25, 0.3) is 5.78 Å². The molecular weight excluding hydrogens is 302 g/mol. The zero-order valence-corrected chi connectivity index (χ0v) is 14.6. The minimum atomic E-state index is -0.325. The molecule has 0 aliphatic rings. The van der Waals surface area contributed by atoms with Gasteiger partial charge < -0.3 is 5.32 Å². The van der Waals surface area contributed by atoms with Crippen molar-refractivity contribution in [3.63, 3.8) is 0 Å². The Kier molecular flexibility index (Phi) is 4.05. The van der Waals surface area contributed by atoms with Gasteiger partial charge in [0, 0.05) is 17.1 Å². The van der Waals surface area contributed by atoms with Crippen molar-refractivity contribution in [1.82, 2.24) is 19.6 Å². The van der Waals surface area contributed by atoms with Gasteiger partial charge in [-0.15, -0.1) is 5.10 Å². The van der Waals surface area contributed by atoms with Crippen LogP contribution in [-0.2, 0) is 0 Å². The highest BCUT2D eigenvalue weighted by Crippen LogP contribution is 2.27. The SMILES string of the molecule is Cc1cc(C)n2nc(C(=O)Nc3c(C)cccc3C(C)C)nc2n1. The molecule has 2 heterocycles. The first-order valence-corrected chi connectivity index (χ1v) is 7.98. The third-order valence-corrected chi connectivity index (χ3v) is 3.99. The van der Waals surface area contributed by atoms with Crippen LogP contribution < -0.4 is 5.32 Å². The largest absolute Gasteiger partial charge is 0.319 e. The zero-order chi connectivity index (χ0) is 17.4. The van der Waals surface area contributed by atoms with Gasteiger partial charge in [0.1, 0.15) is 0 Å². The van der Waals surface area contributed by atoms with Crippen LogP contribution in [0.4, 0.5) is 5.69 Å². The van der Waals surface area contributed by atoms with Crippen LogP contribution in [-0.4, -0.2) is 25.5 Å². The summed E-state index contributed by atoms with van der Waals surface area (Å²) in [5.74, 6) is 0.537. The van der Waals surface area contributed by atoms with Crippen molar-refractivity contribution in [2.24, 2.45) is 0 Å². The van der Waals surface area contributed by atoms with E-state index in [-0.39, 0.29) is 11.7 Å². The number of anilines is 1. The Morgan fingerprint density at radius 2 is 1.92 bits per heavy atom. The molecule has 1 N–H and O–H groups in total. The van der Waals surface area contributed by atoms with E-state index in [9.17, 15) is 4.79 Å². The van der Waals surface area contributed by atoms with Crippen LogP contribution in [0, 0.1) is 20.8 Å². The minimum absolute atomic E-state index is 0.120. The topological polar surface area (TPSA) is 72.2 Å². The van der Waals surface area contributed by atoms with Gasteiger partial charge in [0.2, 0.25) is 5.82 Å². The predicted molar refractivity (Wildman–Crippen MR) is 93.5 cm³/mol. The van der Waals surface area contributed by atoms with Crippen molar-refractivity contribution in [1.29, 1.82) is 0 Å². The van der Waals surface area contributed by atoms with Crippen molar-refractivity contribution in [2.75, 3.05) is 5.32 Å². The van der Waals surface area contributed by atoms with E-state index in [0.29, 0.717) is 11.7 Å². The van der Waals surface area contributed by atoms with E-state index in [0.717, 1.165) is 28.2 Å². The number of nitrogens with zero attached hydrogens (tertiary/aromatic N) is 4. The number of benzene rings is 1. The van der Waals surface area contributed by atoms with Gasteiger partial charge in [-0.1, -0.05) is 32.0 Å². The van der Waals surface area contributed by atoms with Crippen molar-refractivity contribution >= 4 is 17.4 Å². The summed E-state index contributed by atoms with van der Waals surface area (Å²) in [5, 5.41) is 7.25. The lowest BCUT2D eigenvalue weighted by atomic mass is 9.98. The third-order valence-electron chi connectivity index (χ3n) is 3.99. The van der Waals surface area contributed by atoms with Crippen molar-refractivity contribution in [2.45, 2.75) is 40.5 Å². The number of rotatable bonds is 3. The lowest BCUT2D eigenvalue weighted by molar-refractivity contribution is 0.101. The monoisotopic (exact) mass is 323 g/mol. The first kappa shape index (κ1) is 16.1. The molecule has 0 aliphatic carbocycles. The quantitative estimate of drug-likeness (QED) is 0.801. The number of hydrogen-bond donors (Lipinski definition) is 1. The van der Waals surface area contributed by atoms with E-state index in [1.165, 1.54) is 0 Å². The second kappa shape index (κ2) is 6.03. The highest BCUT2D eigenvalue weighted by molar-refractivity contribution is 6.02. The van der Waals surface area contributed by atoms with E-state index in [2.05, 4.69) is 34.2 Å². The van der Waals surface area contributed by atoms with Crippen molar-refractivity contribution in [3.8, 4) is 0 Å². The summed E-state index contributed by atoms with van der Waals surface area (Å²) in [4.78, 5) is 21.2. The molecule has 24 heavy (non-hydrogen) atoms. The highest BCUT2D eigenvalue weighted by Gasteiger charge is 2.18. The second-order valence-corrected chi connectivity index (χ2v) is 6.33. The number of aryl methyl sites for hydroxylation is 3. The predicted octanol–water partition coefficient (Wildman–Crippen LogP) is 3.43. The van der Waals surface area contributed by atoms with Gasteiger partial charge in [-0.05, 0) is 43.9 Å². The van der Waals surface area contributed by atoms with Gasteiger partial charge in [0.25, 0.3) is 11.7 Å². The van der Waals surface area contributed by atoms with Gasteiger partial charge in [0.15, 0.2) is 0 Å². The Bertz CT molecular complexity index is 927. The second-order valence-electron chi connectivity index (χ2n) is 6.33. The maximum Gasteiger partial charge on any atom is 0.295 e. The number of carbonyl (C=O) groups excluding carboxylic acids is 1. The molecule has 0 saturated heterocycles. The molecular formula is C18H21N5O. The summed E-state index contributed by atoms with van der Waals surface area (Å²) in [7, 11) is 0. The normalized spacial score (nSPS) is 11.2. The summed E-state index contributed by atoms with van der Waals surface area (Å²) in [6, 6.07) is 7.91. The van der Waals surface area contributed by atoms with E-state index < -0.39 is 0 Å². The van der Waals surface area contributed by atoms with Crippen LogP contribution in [0.15, 0.2) is 24.3 Å². The van der Waals surface area contributed by atoms with Gasteiger partial charge in [0.05, 0.1) is 0 Å². The molecule has 124 valence electrons. The lowest BCUT2D eigenvalue weighted by Gasteiger charge is -2.15. The molecule has 0 bridgehead atoms. The number of nitrogens with one attached hydrogen (secondary N) is 1. The summed E-state index contributed by atoms with van der Waals surface area (Å²) < 4.78 is 1.59. The van der Waals surface area contributed by atoms with Gasteiger partial charge in [-0.25, -0.2) is 9.50 Å². The van der Waals surface area contributed by atoms with Gasteiger partial charge in [-0.2, -0.15) is 4.98 Å². The van der Waals surface area contributed by atoms with E-state index >= 15 is 0 Å². The summed E-state index contributed by atoms with van der Waals surface area (Å²) >= 11 is 0. The molecule has 0 radical (unpaired) electrons. The van der Waals surface area contributed by atoms with E-state index in [1.807, 2.05) is 45.0 Å². The molecule has 6 heteroatoms. The van der Waals surface area contributed by atoms with Gasteiger partial charge >= 0.3 is 0 Å². The highest BCUT2D eigenvalue weighted by atomic mass is 16.2. The molecule has 0 aliphatic heterocycles. The number of amides is 1. The summed E-state index contributed by atoms with van der Waals surface area (Å²) in [5.41, 5.74) is 4.68. The third kappa shape index (κ3) is 2.87. The van der Waals surface area contributed by atoms with Crippen molar-refractivity contribution < 1.29 is 4.79 Å². The fourth-order valence-corrected chi connectivity index (χ4v) is 2.77. The molecule has 1 aromatic carbocycles. The van der Waals surface area contributed by atoms with Crippen LogP contribution in [0.3, 0.4) is 0 Å². The smallest absolute Gasteiger partial charge is 0.295 e. The molecule has 0 unspecified atom stereocenters. The Labute approximate surface area is 141 Å². The maximum atomic E-state index is 12.6. The number of para-hydroxylation sites is 1. The molecule has 2 aromatic heterocycles. The van der Waals surface area contributed by atoms with Crippen LogP contribution in [0.1, 0.15) is 52.9 Å². The number of hydrogen-bond acceptors (Lipinski definition) is 4. The Balaban J connectivity index is 1.98. The molecule has 3 aromatic rings. The zero-order valence-electron chi connectivity index (χ0n) is 14.6. The first-order chi connectivity index (χ1) is 11.4. The molecule has 0 spiro atoms. The number of fused-ring (bicyclic) bond motifs is 1. The summed E-state index contributed by atoms with van der Waals surface area (Å²) in [6.07, 6.45) is 0. The molecule has 3 rings (SSSR count). The van der Waals surface area contributed by atoms with Crippen LogP contribution in [0.5, 0.6) is 0 Å². The Morgan fingerprint density at radius 1 is 1.17 bits per heavy atom. The van der Waals surface area contributed by atoms with E-state index in [1.54, 1.807) is 4.52 Å². The minimum Gasteiger partial charge on any atom is -0.319 e. The first-order valence-electron chi connectivity index (χ1n) is 7.98. The number of aromatic nitrogens is 4. The molecule has 1 amide bonds. The van der Waals surface area contributed by atoms with Crippen LogP contribution >= 0.6 is 0 Å². The average Bonchev–Trinajstić information content (AvgIpc) is 2.93. The maximum absolute atomic E-state index is 12.6. The standard InChI is InChI=1S/C18H21N5O/c1-10(2)14-8-6-7-11(3)15(14)20-17(24)16-21-18-19-12(4)9-13(5)23(18)22-16/h6-10H,1-5H3,(H,20,24). The lowest BCUT2D eigenvalue weighted by Crippen LogP contribution is -2.16. The average molecular weight is 323 g/mol. The summed E-state index contributed by atoms with van der Waals surface area (Å²) in [6.45, 7) is 9.99. The molecule has 0 saturated carbocycles. The Morgan fingerprint density at radius 3 is 2.62 bits per heavy atom. The molecule has 0 fully saturated rings. The number of carbonyl (C=O) groups is 1. The fourth-order valence-electron chi connectivity index (χ4n) is 2.77. The van der Waals surface area contributed by atoms with Crippen molar-refractivity contribution in [3.05, 3.63) is 52.6 Å². The van der Waals surface area contributed by atoms with E-state index in [4.69, 9.17) is 0 Å².